The molecule has 15 heavy (non-hydrogen) atoms. The largest absolute Gasteiger partial charge is 0.306 e. The third-order valence-corrected chi connectivity index (χ3v) is 3.45. The van der Waals surface area contributed by atoms with Gasteiger partial charge in [0.1, 0.15) is 0 Å². The van der Waals surface area contributed by atoms with Gasteiger partial charge in [-0.05, 0) is 43.5 Å². The Morgan fingerprint density at radius 2 is 1.80 bits per heavy atom. The van der Waals surface area contributed by atoms with Crippen LogP contribution in [0.4, 0.5) is 0 Å². The quantitative estimate of drug-likeness (QED) is 0.681. The monoisotopic (exact) mass is 223 g/mol. The Bertz CT molecular complexity index is 268. The number of hydrogen-bond acceptors (Lipinski definition) is 2. The molecule has 0 bridgehead atoms. The molecule has 1 rings (SSSR count). The molecule has 0 aliphatic rings. The molecule has 1 aromatic carbocycles. The molecule has 0 aliphatic heterocycles. The second kappa shape index (κ2) is 6.91. The van der Waals surface area contributed by atoms with E-state index in [1.54, 1.807) is 0 Å². The van der Waals surface area contributed by atoms with Crippen molar-refractivity contribution in [1.82, 2.24) is 4.90 Å². The lowest BCUT2D eigenvalue weighted by Gasteiger charge is -2.13. The van der Waals surface area contributed by atoms with Crippen molar-refractivity contribution in [2.24, 2.45) is 0 Å². The van der Waals surface area contributed by atoms with Crippen molar-refractivity contribution in [3.8, 4) is 0 Å². The summed E-state index contributed by atoms with van der Waals surface area (Å²) < 4.78 is 0. The predicted molar refractivity (Wildman–Crippen MR) is 69.7 cm³/mol. The molecule has 0 radical (unpaired) electrons. The molecule has 0 saturated carbocycles. The van der Waals surface area contributed by atoms with Gasteiger partial charge in [-0.15, -0.1) is 11.8 Å². The highest BCUT2D eigenvalue weighted by Crippen LogP contribution is 2.17. The molecule has 0 atom stereocenters. The lowest BCUT2D eigenvalue weighted by Crippen LogP contribution is -2.20. The van der Waals surface area contributed by atoms with Gasteiger partial charge >= 0.3 is 0 Å². The highest BCUT2D eigenvalue weighted by Gasteiger charge is 1.97. The summed E-state index contributed by atoms with van der Waals surface area (Å²) in [5, 5.41) is 0. The maximum absolute atomic E-state index is 2.34. The second-order valence-electron chi connectivity index (χ2n) is 3.72. The van der Waals surface area contributed by atoms with E-state index in [9.17, 15) is 0 Å². The third-order valence-electron chi connectivity index (χ3n) is 2.56. The van der Waals surface area contributed by atoms with Crippen molar-refractivity contribution in [2.45, 2.75) is 25.2 Å². The van der Waals surface area contributed by atoms with Crippen molar-refractivity contribution >= 4 is 11.8 Å². The lowest BCUT2D eigenvalue weighted by atomic mass is 10.1. The first-order valence-corrected chi connectivity index (χ1v) is 6.65. The highest BCUT2D eigenvalue weighted by atomic mass is 32.2. The Morgan fingerprint density at radius 1 is 1.13 bits per heavy atom. The maximum atomic E-state index is 2.34. The fraction of sp³-hybridized carbons (Fsp3) is 0.538. The standard InChI is InChI=1S/C13H21NS/c1-4-14(3)11-10-12-6-8-13(9-7-12)15-5-2/h6-9H,4-5,10-11H2,1-3H3. The van der Waals surface area contributed by atoms with Gasteiger partial charge in [0.2, 0.25) is 0 Å². The van der Waals surface area contributed by atoms with Crippen LogP contribution in [0.1, 0.15) is 19.4 Å². The van der Waals surface area contributed by atoms with Crippen LogP contribution in [0.15, 0.2) is 29.2 Å². The van der Waals surface area contributed by atoms with Crippen LogP contribution in [0.5, 0.6) is 0 Å². The molecule has 0 amide bonds. The lowest BCUT2D eigenvalue weighted by molar-refractivity contribution is 0.357. The van der Waals surface area contributed by atoms with E-state index in [-0.39, 0.29) is 0 Å². The molecule has 2 heteroatoms. The Labute approximate surface area is 97.9 Å². The Kier molecular flexibility index (Phi) is 5.81. The van der Waals surface area contributed by atoms with Gasteiger partial charge in [-0.3, -0.25) is 0 Å². The Hall–Kier alpha value is -0.470. The zero-order valence-corrected chi connectivity index (χ0v) is 10.8. The molecule has 84 valence electrons. The summed E-state index contributed by atoms with van der Waals surface area (Å²) in [6.07, 6.45) is 1.15. The second-order valence-corrected chi connectivity index (χ2v) is 5.06. The normalized spacial score (nSPS) is 10.9. The molecule has 1 nitrogen and oxygen atoms in total. The average molecular weight is 223 g/mol. The van der Waals surface area contributed by atoms with Crippen LogP contribution in [0.3, 0.4) is 0 Å². The number of rotatable bonds is 6. The fourth-order valence-electron chi connectivity index (χ4n) is 1.40. The zero-order valence-electron chi connectivity index (χ0n) is 9.99. The van der Waals surface area contributed by atoms with E-state index in [1.807, 2.05) is 11.8 Å². The average Bonchev–Trinajstić information content (AvgIpc) is 2.28. The molecular formula is C13H21NS. The maximum Gasteiger partial charge on any atom is 0.00720 e. The van der Waals surface area contributed by atoms with Crippen LogP contribution in [0.25, 0.3) is 0 Å². The Morgan fingerprint density at radius 3 is 2.33 bits per heavy atom. The minimum absolute atomic E-state index is 1.13. The summed E-state index contributed by atoms with van der Waals surface area (Å²) in [6.45, 7) is 6.66. The van der Waals surface area contributed by atoms with Crippen LogP contribution in [0.2, 0.25) is 0 Å². The predicted octanol–water partition coefficient (Wildman–Crippen LogP) is 3.29. The van der Waals surface area contributed by atoms with Gasteiger partial charge < -0.3 is 4.90 Å². The molecule has 0 saturated heterocycles. The fourth-order valence-corrected chi connectivity index (χ4v) is 2.06. The van der Waals surface area contributed by atoms with Gasteiger partial charge in [0, 0.05) is 11.4 Å². The first-order valence-electron chi connectivity index (χ1n) is 5.66. The van der Waals surface area contributed by atoms with Crippen LogP contribution < -0.4 is 0 Å². The van der Waals surface area contributed by atoms with E-state index in [1.165, 1.54) is 10.5 Å². The molecule has 0 aliphatic carbocycles. The SMILES string of the molecule is CCSc1ccc(CCN(C)CC)cc1. The van der Waals surface area contributed by atoms with Crippen LogP contribution in [0, 0.1) is 0 Å². The van der Waals surface area contributed by atoms with E-state index in [0.717, 1.165) is 25.3 Å². The summed E-state index contributed by atoms with van der Waals surface area (Å²) >= 11 is 1.90. The molecular weight excluding hydrogens is 202 g/mol. The molecule has 0 heterocycles. The summed E-state index contributed by atoms with van der Waals surface area (Å²) in [6, 6.07) is 8.97. The van der Waals surface area contributed by atoms with Crippen molar-refractivity contribution in [3.63, 3.8) is 0 Å². The van der Waals surface area contributed by atoms with Gasteiger partial charge in [-0.2, -0.15) is 0 Å². The van der Waals surface area contributed by atoms with Gasteiger partial charge in [-0.25, -0.2) is 0 Å². The van der Waals surface area contributed by atoms with Crippen LogP contribution in [-0.4, -0.2) is 30.8 Å². The first-order chi connectivity index (χ1) is 7.26. The molecule has 0 N–H and O–H groups in total. The number of benzene rings is 1. The van der Waals surface area contributed by atoms with Crippen LogP contribution >= 0.6 is 11.8 Å². The summed E-state index contributed by atoms with van der Waals surface area (Å²) in [5.74, 6) is 1.15. The summed E-state index contributed by atoms with van der Waals surface area (Å²) in [5.41, 5.74) is 1.44. The number of hydrogen-bond donors (Lipinski definition) is 0. The van der Waals surface area contributed by atoms with Gasteiger partial charge in [0.15, 0.2) is 0 Å². The van der Waals surface area contributed by atoms with Gasteiger partial charge in [0.05, 0.1) is 0 Å². The van der Waals surface area contributed by atoms with E-state index < -0.39 is 0 Å². The molecule has 0 unspecified atom stereocenters. The summed E-state index contributed by atoms with van der Waals surface area (Å²) in [4.78, 5) is 3.72. The topological polar surface area (TPSA) is 3.24 Å². The number of likely N-dealkylation sites (N-methyl/N-ethyl adjacent to an activating group) is 1. The number of thioether (sulfide) groups is 1. The van der Waals surface area contributed by atoms with E-state index in [0.29, 0.717) is 0 Å². The molecule has 1 aromatic rings. The minimum Gasteiger partial charge on any atom is -0.306 e. The molecule has 0 aromatic heterocycles. The van der Waals surface area contributed by atoms with E-state index in [4.69, 9.17) is 0 Å². The third kappa shape index (κ3) is 4.72. The molecule has 0 spiro atoms. The highest BCUT2D eigenvalue weighted by molar-refractivity contribution is 7.99. The van der Waals surface area contributed by atoms with E-state index in [2.05, 4.69) is 50.1 Å². The van der Waals surface area contributed by atoms with Crippen molar-refractivity contribution in [1.29, 1.82) is 0 Å². The molecule has 0 fully saturated rings. The van der Waals surface area contributed by atoms with Crippen molar-refractivity contribution < 1.29 is 0 Å². The van der Waals surface area contributed by atoms with Crippen molar-refractivity contribution in [2.75, 3.05) is 25.9 Å². The summed E-state index contributed by atoms with van der Waals surface area (Å²) in [7, 11) is 2.17. The minimum atomic E-state index is 1.13. The zero-order chi connectivity index (χ0) is 11.1. The first kappa shape index (κ1) is 12.6. The van der Waals surface area contributed by atoms with Gasteiger partial charge in [0.25, 0.3) is 0 Å². The van der Waals surface area contributed by atoms with Gasteiger partial charge in [-0.1, -0.05) is 26.0 Å². The Balaban J connectivity index is 2.42. The smallest absolute Gasteiger partial charge is 0.00720 e. The van der Waals surface area contributed by atoms with Crippen molar-refractivity contribution in [3.05, 3.63) is 29.8 Å². The van der Waals surface area contributed by atoms with Crippen LogP contribution in [-0.2, 0) is 6.42 Å². The number of nitrogens with zero attached hydrogens (tertiary/aromatic N) is 1. The van der Waals surface area contributed by atoms with E-state index >= 15 is 0 Å².